The van der Waals surface area contributed by atoms with Crippen molar-refractivity contribution >= 4 is 17.5 Å². The Morgan fingerprint density at radius 3 is 2.45 bits per heavy atom. The lowest BCUT2D eigenvalue weighted by Gasteiger charge is -2.07. The minimum absolute atomic E-state index is 0.0875. The molecule has 1 heterocycles. The average Bonchev–Trinajstić information content (AvgIpc) is 3.08. The summed E-state index contributed by atoms with van der Waals surface area (Å²) in [5.74, 6) is -0.384. The first-order chi connectivity index (χ1) is 14.0. The fourth-order valence-corrected chi connectivity index (χ4v) is 2.58. The van der Waals surface area contributed by atoms with Crippen LogP contribution in [0.5, 0.6) is 5.75 Å². The Hall–Kier alpha value is -3.75. The van der Waals surface area contributed by atoms with E-state index in [0.29, 0.717) is 17.1 Å². The number of methoxy groups -OCH3 is 1. The monoisotopic (exact) mass is 397 g/mol. The van der Waals surface area contributed by atoms with Crippen LogP contribution in [-0.2, 0) is 17.9 Å². The Balaban J connectivity index is 1.58. The summed E-state index contributed by atoms with van der Waals surface area (Å²) in [6.45, 7) is 1.84. The van der Waals surface area contributed by atoms with Crippen molar-refractivity contribution in [2.75, 3.05) is 12.4 Å². The van der Waals surface area contributed by atoms with E-state index in [0.717, 1.165) is 5.56 Å². The van der Waals surface area contributed by atoms with Gasteiger partial charge >= 0.3 is 0 Å². The second kappa shape index (κ2) is 8.96. The molecule has 0 aliphatic carbocycles. The van der Waals surface area contributed by atoms with Gasteiger partial charge < -0.3 is 15.4 Å². The molecule has 0 fully saturated rings. The van der Waals surface area contributed by atoms with E-state index in [1.807, 2.05) is 0 Å². The molecule has 0 saturated carbocycles. The van der Waals surface area contributed by atoms with Crippen molar-refractivity contribution in [3.63, 3.8) is 0 Å². The second-order valence-corrected chi connectivity index (χ2v) is 6.27. The van der Waals surface area contributed by atoms with Crippen molar-refractivity contribution < 1.29 is 18.7 Å². The third kappa shape index (κ3) is 5.16. The molecule has 9 heteroatoms. The fraction of sp³-hybridized carbons (Fsp3) is 0.200. The summed E-state index contributed by atoms with van der Waals surface area (Å²) >= 11 is 0. The van der Waals surface area contributed by atoms with Gasteiger partial charge in [-0.2, -0.15) is 0 Å². The van der Waals surface area contributed by atoms with Crippen molar-refractivity contribution in [1.82, 2.24) is 20.3 Å². The van der Waals surface area contributed by atoms with Crippen molar-refractivity contribution in [1.29, 1.82) is 0 Å². The lowest BCUT2D eigenvalue weighted by atomic mass is 10.2. The molecule has 0 unspecified atom stereocenters. The predicted octanol–water partition coefficient (Wildman–Crippen LogP) is 2.30. The lowest BCUT2D eigenvalue weighted by Crippen LogP contribution is -2.28. The van der Waals surface area contributed by atoms with Gasteiger partial charge in [-0.1, -0.05) is 17.3 Å². The van der Waals surface area contributed by atoms with Crippen LogP contribution in [0.3, 0.4) is 0 Å². The van der Waals surface area contributed by atoms with Crippen LogP contribution in [0.4, 0.5) is 10.1 Å². The molecule has 8 nitrogen and oxygen atoms in total. The van der Waals surface area contributed by atoms with Gasteiger partial charge in [0.25, 0.3) is 5.91 Å². The van der Waals surface area contributed by atoms with Crippen LogP contribution in [-0.4, -0.2) is 33.9 Å². The van der Waals surface area contributed by atoms with Crippen LogP contribution in [0.15, 0.2) is 48.5 Å². The van der Waals surface area contributed by atoms with Crippen LogP contribution >= 0.6 is 0 Å². The maximum Gasteiger partial charge on any atom is 0.278 e. The van der Waals surface area contributed by atoms with E-state index < -0.39 is 5.91 Å². The van der Waals surface area contributed by atoms with Gasteiger partial charge in [0.15, 0.2) is 5.69 Å². The summed E-state index contributed by atoms with van der Waals surface area (Å²) in [6.07, 6.45) is 0. The Morgan fingerprint density at radius 2 is 1.79 bits per heavy atom. The number of amides is 2. The zero-order valence-electron chi connectivity index (χ0n) is 16.0. The number of anilines is 1. The van der Waals surface area contributed by atoms with Gasteiger partial charge in [-0.25, -0.2) is 9.07 Å². The third-order valence-electron chi connectivity index (χ3n) is 4.24. The molecule has 1 aromatic heterocycles. The highest BCUT2D eigenvalue weighted by molar-refractivity contribution is 6.03. The summed E-state index contributed by atoms with van der Waals surface area (Å²) in [7, 11) is 1.56. The minimum atomic E-state index is -0.425. The number of carbonyl (C=O) groups excluding carboxylic acids is 2. The van der Waals surface area contributed by atoms with Crippen LogP contribution in [0.25, 0.3) is 0 Å². The van der Waals surface area contributed by atoms with E-state index in [1.165, 1.54) is 16.8 Å². The summed E-state index contributed by atoms with van der Waals surface area (Å²) in [6, 6.07) is 12.7. The molecule has 0 aliphatic rings. The molecule has 0 atom stereocenters. The van der Waals surface area contributed by atoms with Gasteiger partial charge in [-0.15, -0.1) is 5.10 Å². The number of nitrogens with zero attached hydrogens (tertiary/aromatic N) is 3. The minimum Gasteiger partial charge on any atom is -0.497 e. The number of carbonyl (C=O) groups is 2. The Kier molecular flexibility index (Phi) is 6.18. The molecule has 150 valence electrons. The molecular formula is C20H20FN5O3. The molecule has 2 aromatic carbocycles. The summed E-state index contributed by atoms with van der Waals surface area (Å²) < 4.78 is 19.3. The highest BCUT2D eigenvalue weighted by atomic mass is 19.1. The summed E-state index contributed by atoms with van der Waals surface area (Å²) in [4.78, 5) is 24.6. The normalized spacial score (nSPS) is 10.4. The van der Waals surface area contributed by atoms with Crippen molar-refractivity contribution in [3.05, 3.63) is 71.3 Å². The summed E-state index contributed by atoms with van der Waals surface area (Å²) in [5, 5.41) is 13.2. The molecule has 29 heavy (non-hydrogen) atoms. The van der Waals surface area contributed by atoms with Crippen LogP contribution in [0.1, 0.15) is 21.7 Å². The highest BCUT2D eigenvalue weighted by Crippen LogP contribution is 2.16. The Labute approximate surface area is 166 Å². The van der Waals surface area contributed by atoms with E-state index >= 15 is 0 Å². The Morgan fingerprint density at radius 1 is 1.10 bits per heavy atom. The number of hydrogen-bond acceptors (Lipinski definition) is 5. The molecule has 2 amide bonds. The largest absolute Gasteiger partial charge is 0.497 e. The topological polar surface area (TPSA) is 98.1 Å². The number of nitrogens with one attached hydrogen (secondary N) is 2. The van der Waals surface area contributed by atoms with E-state index in [2.05, 4.69) is 20.9 Å². The van der Waals surface area contributed by atoms with E-state index in [9.17, 15) is 14.0 Å². The van der Waals surface area contributed by atoms with Crippen LogP contribution < -0.4 is 15.4 Å². The number of ether oxygens (including phenoxy) is 1. The van der Waals surface area contributed by atoms with Gasteiger partial charge in [0.1, 0.15) is 18.1 Å². The maximum atomic E-state index is 12.9. The predicted molar refractivity (Wildman–Crippen MR) is 104 cm³/mol. The summed E-state index contributed by atoms with van der Waals surface area (Å²) in [5.41, 5.74) is 1.96. The number of benzene rings is 2. The number of aromatic nitrogens is 3. The van der Waals surface area contributed by atoms with Crippen molar-refractivity contribution in [3.8, 4) is 5.75 Å². The van der Waals surface area contributed by atoms with Gasteiger partial charge in [-0.3, -0.25) is 9.59 Å². The molecule has 0 saturated heterocycles. The van der Waals surface area contributed by atoms with E-state index in [4.69, 9.17) is 4.74 Å². The molecule has 0 spiro atoms. The van der Waals surface area contributed by atoms with Crippen LogP contribution in [0.2, 0.25) is 0 Å². The van der Waals surface area contributed by atoms with Gasteiger partial charge in [0.2, 0.25) is 5.91 Å². The van der Waals surface area contributed by atoms with E-state index in [-0.39, 0.29) is 30.5 Å². The molecule has 3 rings (SSSR count). The lowest BCUT2D eigenvalue weighted by molar-refractivity contribution is -0.122. The first-order valence-corrected chi connectivity index (χ1v) is 8.83. The third-order valence-corrected chi connectivity index (χ3v) is 4.24. The maximum absolute atomic E-state index is 12.9. The second-order valence-electron chi connectivity index (χ2n) is 6.27. The molecule has 3 aromatic rings. The van der Waals surface area contributed by atoms with Gasteiger partial charge in [-0.05, 0) is 48.9 Å². The molecular weight excluding hydrogens is 377 g/mol. The van der Waals surface area contributed by atoms with Crippen LogP contribution in [0, 0.1) is 12.7 Å². The quantitative estimate of drug-likeness (QED) is 0.638. The Bertz CT molecular complexity index is 1000. The first kappa shape index (κ1) is 20.0. The standard InChI is InChI=1S/C20H20FN5O3/c1-13-19(20(28)23-16-7-9-17(29-2)10-8-16)24-25-26(13)12-18(27)22-11-14-3-5-15(21)6-4-14/h3-10H,11-12H2,1-2H3,(H,22,27)(H,23,28). The number of rotatable bonds is 7. The smallest absolute Gasteiger partial charge is 0.278 e. The fourth-order valence-electron chi connectivity index (χ4n) is 2.58. The van der Waals surface area contributed by atoms with Gasteiger partial charge in [0, 0.05) is 12.2 Å². The van der Waals surface area contributed by atoms with E-state index in [1.54, 1.807) is 50.4 Å². The first-order valence-electron chi connectivity index (χ1n) is 8.83. The highest BCUT2D eigenvalue weighted by Gasteiger charge is 2.18. The van der Waals surface area contributed by atoms with Crippen molar-refractivity contribution in [2.24, 2.45) is 0 Å². The van der Waals surface area contributed by atoms with Crippen molar-refractivity contribution in [2.45, 2.75) is 20.0 Å². The molecule has 0 bridgehead atoms. The molecule has 0 radical (unpaired) electrons. The number of hydrogen-bond donors (Lipinski definition) is 2. The number of halogens is 1. The SMILES string of the molecule is COc1ccc(NC(=O)c2nnn(CC(=O)NCc3ccc(F)cc3)c2C)cc1. The average molecular weight is 397 g/mol. The zero-order valence-corrected chi connectivity index (χ0v) is 16.0. The molecule has 2 N–H and O–H groups in total. The molecule has 0 aliphatic heterocycles. The van der Waals surface area contributed by atoms with Gasteiger partial charge in [0.05, 0.1) is 12.8 Å². The zero-order chi connectivity index (χ0) is 20.8.